The molecular weight excluding hydrogens is 406 g/mol. The summed E-state index contributed by atoms with van der Waals surface area (Å²) in [6.45, 7) is 0. The zero-order chi connectivity index (χ0) is 21.8. The molecule has 0 bridgehead atoms. The molecule has 0 aliphatic heterocycles. The molecule has 0 saturated heterocycles. The lowest BCUT2D eigenvalue weighted by Gasteiger charge is -2.06. The number of aromatic nitrogens is 2. The van der Waals surface area contributed by atoms with Crippen molar-refractivity contribution < 1.29 is 22.8 Å². The maximum Gasteiger partial charge on any atom is 0.242 e. The lowest BCUT2D eigenvalue weighted by atomic mass is 10.1. The Morgan fingerprint density at radius 3 is 2.71 bits per heavy atom. The number of H-pyrrole nitrogens is 1. The van der Waals surface area contributed by atoms with Crippen molar-refractivity contribution in [3.05, 3.63) is 77.9 Å². The molecule has 2 aromatic heterocycles. The van der Waals surface area contributed by atoms with Crippen LogP contribution >= 0.6 is 0 Å². The van der Waals surface area contributed by atoms with E-state index in [1.807, 2.05) is 24.3 Å². The van der Waals surface area contributed by atoms with E-state index in [0.29, 0.717) is 0 Å². The van der Waals surface area contributed by atoms with Crippen LogP contribution in [0.25, 0.3) is 22.2 Å². The summed E-state index contributed by atoms with van der Waals surface area (Å²) in [5.74, 6) is -1.88. The van der Waals surface area contributed by atoms with Crippen molar-refractivity contribution in [1.82, 2.24) is 20.8 Å². The molecule has 9 heteroatoms. The number of halogens is 2. The van der Waals surface area contributed by atoms with E-state index >= 15 is 0 Å². The van der Waals surface area contributed by atoms with Gasteiger partial charge in [-0.25, -0.2) is 13.8 Å². The Morgan fingerprint density at radius 2 is 1.87 bits per heavy atom. The Balaban J connectivity index is 1.26. The van der Waals surface area contributed by atoms with Crippen molar-refractivity contribution in [1.29, 1.82) is 0 Å². The topological polar surface area (TPSA) is 100 Å². The number of aryl methyl sites for hydroxylation is 1. The van der Waals surface area contributed by atoms with Crippen molar-refractivity contribution in [2.75, 3.05) is 0 Å². The molecule has 0 saturated carbocycles. The summed E-state index contributed by atoms with van der Waals surface area (Å²) in [6.07, 6.45) is 3.32. The number of hydrogen-bond acceptors (Lipinski definition) is 4. The van der Waals surface area contributed by atoms with Gasteiger partial charge in [-0.1, -0.05) is 18.2 Å². The van der Waals surface area contributed by atoms with Crippen LogP contribution < -0.4 is 10.9 Å². The van der Waals surface area contributed by atoms with Crippen LogP contribution in [0, 0.1) is 11.6 Å². The second-order valence-electron chi connectivity index (χ2n) is 6.88. The molecular formula is C22H18F2N4O3. The molecule has 4 rings (SSSR count). The lowest BCUT2D eigenvalue weighted by Crippen LogP contribution is -2.42. The Bertz CT molecular complexity index is 1250. The third-order valence-electron chi connectivity index (χ3n) is 4.68. The summed E-state index contributed by atoms with van der Waals surface area (Å²) >= 11 is 0. The number of para-hydroxylation sites is 1. The molecule has 2 aromatic carbocycles. The molecule has 0 aliphatic carbocycles. The van der Waals surface area contributed by atoms with Gasteiger partial charge in [-0.15, -0.1) is 0 Å². The predicted molar refractivity (Wildman–Crippen MR) is 108 cm³/mol. The Morgan fingerprint density at radius 1 is 1.06 bits per heavy atom. The van der Waals surface area contributed by atoms with Crippen LogP contribution in [0.1, 0.15) is 17.9 Å². The molecule has 3 N–H and O–H groups in total. The number of nitrogens with zero attached hydrogens (tertiary/aromatic N) is 1. The van der Waals surface area contributed by atoms with Gasteiger partial charge in [0.25, 0.3) is 0 Å². The molecule has 158 valence electrons. The highest BCUT2D eigenvalue weighted by Crippen LogP contribution is 2.24. The molecule has 31 heavy (non-hydrogen) atoms. The summed E-state index contributed by atoms with van der Waals surface area (Å²) in [4.78, 5) is 31.2. The van der Waals surface area contributed by atoms with Crippen molar-refractivity contribution in [3.8, 4) is 11.3 Å². The number of carbonyl (C=O) groups excluding carboxylic acids is 2. The van der Waals surface area contributed by atoms with Gasteiger partial charge in [0.05, 0.1) is 18.2 Å². The molecule has 0 aliphatic rings. The third kappa shape index (κ3) is 4.77. The van der Waals surface area contributed by atoms with Gasteiger partial charge in [0.1, 0.15) is 11.6 Å². The summed E-state index contributed by atoms with van der Waals surface area (Å²) in [6, 6.07) is 10.7. The molecule has 0 atom stereocenters. The van der Waals surface area contributed by atoms with Crippen LogP contribution in [0.4, 0.5) is 8.78 Å². The number of rotatable bonds is 6. The van der Waals surface area contributed by atoms with Gasteiger partial charge in [0, 0.05) is 36.0 Å². The van der Waals surface area contributed by atoms with Crippen LogP contribution in [-0.2, 0) is 22.4 Å². The van der Waals surface area contributed by atoms with Gasteiger partial charge in [0.2, 0.25) is 11.8 Å². The molecule has 2 amide bonds. The second-order valence-corrected chi connectivity index (χ2v) is 6.88. The summed E-state index contributed by atoms with van der Waals surface area (Å²) < 4.78 is 32.3. The molecule has 0 radical (unpaired) electrons. The quantitative estimate of drug-likeness (QED) is 0.413. The minimum Gasteiger partial charge on any atom is -0.441 e. The average molecular weight is 424 g/mol. The van der Waals surface area contributed by atoms with Crippen LogP contribution in [0.2, 0.25) is 0 Å². The number of nitrogens with one attached hydrogen (secondary N) is 3. The van der Waals surface area contributed by atoms with Gasteiger partial charge in [-0.2, -0.15) is 0 Å². The average Bonchev–Trinajstić information content (AvgIpc) is 3.38. The van der Waals surface area contributed by atoms with Gasteiger partial charge >= 0.3 is 0 Å². The third-order valence-corrected chi connectivity index (χ3v) is 4.68. The van der Waals surface area contributed by atoms with E-state index in [1.54, 1.807) is 6.20 Å². The van der Waals surface area contributed by atoms with Gasteiger partial charge in [-0.3, -0.25) is 20.4 Å². The van der Waals surface area contributed by atoms with Crippen molar-refractivity contribution in [3.63, 3.8) is 0 Å². The minimum absolute atomic E-state index is 0.000775. The Hall–Kier alpha value is -4.01. The standard InChI is InChI=1S/C22H18F2N4O3/c23-14-5-6-16(17(24)10-14)19-12-26-22(31-19)8-7-20(29)27-28-21(30)9-13-11-25-18-4-2-1-3-15(13)18/h1-6,10-12,25H,7-9H2,(H,27,29)(H,28,30). The highest BCUT2D eigenvalue weighted by atomic mass is 19.1. The van der Waals surface area contributed by atoms with E-state index in [-0.39, 0.29) is 42.4 Å². The lowest BCUT2D eigenvalue weighted by molar-refractivity contribution is -0.128. The molecule has 4 aromatic rings. The Kier molecular flexibility index (Phi) is 5.74. The second kappa shape index (κ2) is 8.78. The molecule has 0 spiro atoms. The largest absolute Gasteiger partial charge is 0.441 e. The maximum atomic E-state index is 13.8. The summed E-state index contributed by atoms with van der Waals surface area (Å²) in [5, 5.41) is 0.946. The summed E-state index contributed by atoms with van der Waals surface area (Å²) in [7, 11) is 0. The maximum absolute atomic E-state index is 13.8. The first-order valence-corrected chi connectivity index (χ1v) is 9.52. The van der Waals surface area contributed by atoms with Crippen LogP contribution in [0.3, 0.4) is 0 Å². The number of hydrazine groups is 1. The van der Waals surface area contributed by atoms with Gasteiger partial charge < -0.3 is 9.40 Å². The highest BCUT2D eigenvalue weighted by molar-refractivity contribution is 5.89. The van der Waals surface area contributed by atoms with Crippen LogP contribution in [-0.4, -0.2) is 21.8 Å². The first kappa shape index (κ1) is 20.3. The van der Waals surface area contributed by atoms with Crippen molar-refractivity contribution in [2.24, 2.45) is 0 Å². The fraction of sp³-hybridized carbons (Fsp3) is 0.136. The fourth-order valence-corrected chi connectivity index (χ4v) is 3.16. The van der Waals surface area contributed by atoms with E-state index in [2.05, 4.69) is 20.8 Å². The first-order valence-electron chi connectivity index (χ1n) is 9.52. The number of oxazole rings is 1. The van der Waals surface area contributed by atoms with E-state index in [9.17, 15) is 18.4 Å². The smallest absolute Gasteiger partial charge is 0.242 e. The van der Waals surface area contributed by atoms with Crippen molar-refractivity contribution in [2.45, 2.75) is 19.3 Å². The predicted octanol–water partition coefficient (Wildman–Crippen LogP) is 3.42. The van der Waals surface area contributed by atoms with Crippen LogP contribution in [0.15, 0.2) is 59.3 Å². The van der Waals surface area contributed by atoms with Gasteiger partial charge in [0.15, 0.2) is 11.7 Å². The number of hydrogen-bond donors (Lipinski definition) is 3. The fourth-order valence-electron chi connectivity index (χ4n) is 3.16. The Labute approximate surface area is 175 Å². The number of fused-ring (bicyclic) bond motifs is 1. The number of aromatic amines is 1. The zero-order valence-corrected chi connectivity index (χ0v) is 16.2. The van der Waals surface area contributed by atoms with Gasteiger partial charge in [-0.05, 0) is 23.8 Å². The van der Waals surface area contributed by atoms with E-state index in [0.717, 1.165) is 28.6 Å². The monoisotopic (exact) mass is 424 g/mol. The minimum atomic E-state index is -0.765. The molecule has 7 nitrogen and oxygen atoms in total. The van der Waals surface area contributed by atoms with E-state index in [1.165, 1.54) is 12.3 Å². The molecule has 0 fully saturated rings. The highest BCUT2D eigenvalue weighted by Gasteiger charge is 2.14. The summed E-state index contributed by atoms with van der Waals surface area (Å²) in [5.41, 5.74) is 6.55. The van der Waals surface area contributed by atoms with E-state index in [4.69, 9.17) is 4.42 Å². The molecule has 2 heterocycles. The van der Waals surface area contributed by atoms with E-state index < -0.39 is 17.5 Å². The van der Waals surface area contributed by atoms with Crippen LogP contribution in [0.5, 0.6) is 0 Å². The SMILES string of the molecule is O=C(CCc1ncc(-c2ccc(F)cc2F)o1)NNC(=O)Cc1c[nH]c2ccccc12. The number of amides is 2. The molecule has 0 unspecified atom stereocenters. The number of benzene rings is 2. The number of carbonyl (C=O) groups is 2. The van der Waals surface area contributed by atoms with Crippen molar-refractivity contribution >= 4 is 22.7 Å². The zero-order valence-electron chi connectivity index (χ0n) is 16.2. The normalized spacial score (nSPS) is 10.9. The first-order chi connectivity index (χ1) is 15.0.